The topological polar surface area (TPSA) is 48.5 Å². The van der Waals surface area contributed by atoms with Gasteiger partial charge < -0.3 is 15.1 Å². The van der Waals surface area contributed by atoms with Crippen LogP contribution in [0.5, 0.6) is 0 Å². The third-order valence-electron chi connectivity index (χ3n) is 6.47. The van der Waals surface area contributed by atoms with Gasteiger partial charge in [-0.2, -0.15) is 0 Å². The number of halogens is 3. The predicted molar refractivity (Wildman–Crippen MR) is 122 cm³/mol. The number of hydrogen-bond acceptors (Lipinski definition) is 4. The molecule has 2 aromatic rings. The lowest BCUT2D eigenvalue weighted by molar-refractivity contribution is -0.0266. The zero-order valence-electron chi connectivity index (χ0n) is 16.5. The van der Waals surface area contributed by atoms with E-state index in [9.17, 15) is 13.6 Å². The highest BCUT2D eigenvalue weighted by atomic mass is 127. The summed E-state index contributed by atoms with van der Waals surface area (Å²) in [6.45, 7) is 1.26. The van der Waals surface area contributed by atoms with Crippen LogP contribution < -0.4 is 15.1 Å². The van der Waals surface area contributed by atoms with E-state index in [0.717, 1.165) is 22.3 Å². The van der Waals surface area contributed by atoms with E-state index in [-0.39, 0.29) is 19.0 Å². The van der Waals surface area contributed by atoms with Crippen LogP contribution in [0.15, 0.2) is 36.4 Å². The standard InChI is InChI=1S/C22H23F2IN4O/c23-22(24)13-29(14-22)19-3-1-2-18(26-19)27-20(30)16-5-4-15(25)12-17(16)28-10-8-21(6-7-21)9-11-28/h1-5,12H,6-11,13-14H2,(H,26,27,30). The molecule has 3 heterocycles. The summed E-state index contributed by atoms with van der Waals surface area (Å²) in [4.78, 5) is 21.3. The summed E-state index contributed by atoms with van der Waals surface area (Å²) in [5.74, 6) is -2.07. The van der Waals surface area contributed by atoms with Gasteiger partial charge in [0.05, 0.1) is 24.3 Å². The summed E-state index contributed by atoms with van der Waals surface area (Å²) in [5, 5.41) is 2.86. The Morgan fingerprint density at radius 1 is 1.03 bits per heavy atom. The molecule has 2 aliphatic heterocycles. The van der Waals surface area contributed by atoms with E-state index in [1.807, 2.05) is 12.1 Å². The van der Waals surface area contributed by atoms with Crippen molar-refractivity contribution in [1.29, 1.82) is 0 Å². The number of hydrogen-bond donors (Lipinski definition) is 1. The fraction of sp³-hybridized carbons (Fsp3) is 0.455. The average Bonchev–Trinajstić information content (AvgIpc) is 3.45. The highest BCUT2D eigenvalue weighted by Crippen LogP contribution is 2.54. The third kappa shape index (κ3) is 3.98. The van der Waals surface area contributed by atoms with Crippen LogP contribution in [-0.2, 0) is 0 Å². The summed E-state index contributed by atoms with van der Waals surface area (Å²) < 4.78 is 27.4. The van der Waals surface area contributed by atoms with E-state index in [4.69, 9.17) is 0 Å². The normalized spacial score (nSPS) is 21.3. The number of carbonyl (C=O) groups excluding carboxylic acids is 1. The van der Waals surface area contributed by atoms with Crippen molar-refractivity contribution < 1.29 is 13.6 Å². The molecule has 1 aromatic heterocycles. The van der Waals surface area contributed by atoms with Crippen molar-refractivity contribution in [2.24, 2.45) is 5.41 Å². The predicted octanol–water partition coefficient (Wildman–Crippen LogP) is 4.77. The largest absolute Gasteiger partial charge is 0.371 e. The van der Waals surface area contributed by atoms with Gasteiger partial charge in [0.1, 0.15) is 11.6 Å². The Balaban J connectivity index is 1.33. The molecule has 1 saturated carbocycles. The summed E-state index contributed by atoms with van der Waals surface area (Å²) in [7, 11) is 0. The molecule has 1 spiro atoms. The van der Waals surface area contributed by atoms with Crippen LogP contribution in [0.4, 0.5) is 26.1 Å². The first-order valence-corrected chi connectivity index (χ1v) is 11.4. The van der Waals surface area contributed by atoms with Crippen LogP contribution in [0.25, 0.3) is 0 Å². The van der Waals surface area contributed by atoms with Crippen LogP contribution in [-0.4, -0.2) is 43.0 Å². The van der Waals surface area contributed by atoms with E-state index in [1.165, 1.54) is 30.6 Å². The Hall–Kier alpha value is -1.97. The molecule has 3 aliphatic rings. The van der Waals surface area contributed by atoms with Crippen LogP contribution in [0.1, 0.15) is 36.0 Å². The number of pyridine rings is 1. The lowest BCUT2D eigenvalue weighted by atomic mass is 9.93. The van der Waals surface area contributed by atoms with Crippen molar-refractivity contribution in [2.45, 2.75) is 31.6 Å². The molecular formula is C22H23F2IN4O. The molecule has 0 atom stereocenters. The maximum Gasteiger partial charge on any atom is 0.282 e. The zero-order chi connectivity index (χ0) is 20.9. The van der Waals surface area contributed by atoms with Crippen molar-refractivity contribution in [3.8, 4) is 0 Å². The fourth-order valence-electron chi connectivity index (χ4n) is 4.38. The Morgan fingerprint density at radius 3 is 2.43 bits per heavy atom. The number of nitrogens with one attached hydrogen (secondary N) is 1. The molecule has 0 unspecified atom stereocenters. The van der Waals surface area contributed by atoms with Gasteiger partial charge in [-0.25, -0.2) is 13.8 Å². The van der Waals surface area contributed by atoms with Gasteiger partial charge in [0.2, 0.25) is 0 Å². The van der Waals surface area contributed by atoms with E-state index in [0.29, 0.717) is 22.6 Å². The van der Waals surface area contributed by atoms with Crippen molar-refractivity contribution in [2.75, 3.05) is 41.3 Å². The third-order valence-corrected chi connectivity index (χ3v) is 7.14. The minimum Gasteiger partial charge on any atom is -0.371 e. The summed E-state index contributed by atoms with van der Waals surface area (Å²) >= 11 is 2.27. The maximum absolute atomic E-state index is 13.2. The second-order valence-corrected chi connectivity index (χ2v) is 9.94. The smallest absolute Gasteiger partial charge is 0.282 e. The van der Waals surface area contributed by atoms with Gasteiger partial charge in [-0.3, -0.25) is 4.79 Å². The van der Waals surface area contributed by atoms with Crippen LogP contribution >= 0.6 is 22.6 Å². The molecule has 0 radical (unpaired) electrons. The number of anilines is 3. The van der Waals surface area contributed by atoms with E-state index >= 15 is 0 Å². The Kier molecular flexibility index (Phi) is 4.87. The van der Waals surface area contributed by atoms with Crippen LogP contribution in [0, 0.1) is 8.99 Å². The van der Waals surface area contributed by atoms with Gasteiger partial charge in [-0.15, -0.1) is 0 Å². The van der Waals surface area contributed by atoms with Gasteiger partial charge in [0.15, 0.2) is 0 Å². The zero-order valence-corrected chi connectivity index (χ0v) is 18.7. The lowest BCUT2D eigenvalue weighted by Gasteiger charge is -2.39. The quantitative estimate of drug-likeness (QED) is 0.586. The molecule has 1 amide bonds. The molecular weight excluding hydrogens is 501 g/mol. The Morgan fingerprint density at radius 2 is 1.77 bits per heavy atom. The molecule has 1 N–H and O–H groups in total. The Bertz CT molecular complexity index is 977. The molecule has 0 bridgehead atoms. The van der Waals surface area contributed by atoms with Crippen LogP contribution in [0.2, 0.25) is 0 Å². The Labute approximate surface area is 188 Å². The van der Waals surface area contributed by atoms with Crippen molar-refractivity contribution in [3.05, 3.63) is 45.5 Å². The van der Waals surface area contributed by atoms with Crippen molar-refractivity contribution in [3.63, 3.8) is 0 Å². The fourth-order valence-corrected chi connectivity index (χ4v) is 4.86. The minimum absolute atomic E-state index is 0.230. The average molecular weight is 524 g/mol. The van der Waals surface area contributed by atoms with Gasteiger partial charge in [0, 0.05) is 16.7 Å². The first-order chi connectivity index (χ1) is 14.3. The molecule has 2 saturated heterocycles. The number of aromatic nitrogens is 1. The van der Waals surface area contributed by atoms with E-state index in [1.54, 1.807) is 18.2 Å². The number of rotatable bonds is 4. The van der Waals surface area contributed by atoms with Gasteiger partial charge in [-0.05, 0) is 84.0 Å². The molecule has 3 fully saturated rings. The van der Waals surface area contributed by atoms with Gasteiger partial charge in [-0.1, -0.05) is 6.07 Å². The van der Waals surface area contributed by atoms with Gasteiger partial charge >= 0.3 is 0 Å². The van der Waals surface area contributed by atoms with Crippen LogP contribution in [0.3, 0.4) is 0 Å². The number of carbonyl (C=O) groups is 1. The molecule has 1 aliphatic carbocycles. The summed E-state index contributed by atoms with van der Waals surface area (Å²) in [5.41, 5.74) is 2.14. The highest BCUT2D eigenvalue weighted by molar-refractivity contribution is 14.1. The first kappa shape index (κ1) is 20.0. The summed E-state index contributed by atoms with van der Waals surface area (Å²) in [6.07, 6.45) is 5.05. The van der Waals surface area contributed by atoms with E-state index < -0.39 is 5.92 Å². The van der Waals surface area contributed by atoms with Crippen molar-refractivity contribution >= 4 is 45.8 Å². The monoisotopic (exact) mass is 524 g/mol. The SMILES string of the molecule is O=C(Nc1cccc(N2CC(F)(F)C2)n1)c1ccc(I)cc1N1CCC2(CC1)CC2. The molecule has 5 rings (SSSR count). The molecule has 158 valence electrons. The lowest BCUT2D eigenvalue weighted by Crippen LogP contribution is -2.56. The molecule has 8 heteroatoms. The number of nitrogens with zero attached hydrogens (tertiary/aromatic N) is 3. The molecule has 5 nitrogen and oxygen atoms in total. The summed E-state index contributed by atoms with van der Waals surface area (Å²) in [6, 6.07) is 10.9. The minimum atomic E-state index is -2.66. The first-order valence-electron chi connectivity index (χ1n) is 10.3. The second-order valence-electron chi connectivity index (χ2n) is 8.70. The second kappa shape index (κ2) is 7.32. The number of benzene rings is 1. The number of piperidine rings is 1. The van der Waals surface area contributed by atoms with Gasteiger partial charge in [0.25, 0.3) is 11.8 Å². The van der Waals surface area contributed by atoms with E-state index in [2.05, 4.69) is 43.9 Å². The highest BCUT2D eigenvalue weighted by Gasteiger charge is 2.45. The number of alkyl halides is 2. The molecule has 30 heavy (non-hydrogen) atoms. The van der Waals surface area contributed by atoms with Crippen molar-refractivity contribution in [1.82, 2.24) is 4.98 Å². The molecule has 1 aromatic carbocycles. The maximum atomic E-state index is 13.2. The number of amides is 1.